The van der Waals surface area contributed by atoms with Crippen LogP contribution in [0.2, 0.25) is 0 Å². The molecular formula is C21H20N6O2. The van der Waals surface area contributed by atoms with Gasteiger partial charge in [0.05, 0.1) is 12.0 Å². The molecule has 8 heteroatoms. The van der Waals surface area contributed by atoms with Gasteiger partial charge in [-0.05, 0) is 41.5 Å². The smallest absolute Gasteiger partial charge is 0.257 e. The topological polar surface area (TPSA) is 108 Å². The Morgan fingerprint density at radius 3 is 2.62 bits per heavy atom. The first-order valence-electron chi connectivity index (χ1n) is 9.14. The van der Waals surface area contributed by atoms with E-state index in [0.29, 0.717) is 28.7 Å². The maximum Gasteiger partial charge on any atom is 0.257 e. The van der Waals surface area contributed by atoms with Gasteiger partial charge in [-0.15, -0.1) is 0 Å². The summed E-state index contributed by atoms with van der Waals surface area (Å²) in [6.07, 6.45) is 1.80. The number of nitrogens with one attached hydrogen (secondary N) is 4. The van der Waals surface area contributed by atoms with Gasteiger partial charge in [0.25, 0.3) is 5.91 Å². The van der Waals surface area contributed by atoms with Gasteiger partial charge < -0.3 is 21.3 Å². The fourth-order valence-electron chi connectivity index (χ4n) is 3.22. The molecule has 4 N–H and O–H groups in total. The van der Waals surface area contributed by atoms with Crippen LogP contribution in [-0.2, 0) is 11.2 Å². The molecule has 0 fully saturated rings. The lowest BCUT2D eigenvalue weighted by atomic mass is 9.99. The number of amides is 2. The Balaban J connectivity index is 1.63. The number of carbonyl (C=O) groups is 2. The van der Waals surface area contributed by atoms with E-state index in [1.54, 1.807) is 26.2 Å². The monoisotopic (exact) mass is 388 g/mol. The average Bonchev–Trinajstić information content (AvgIpc) is 3.13. The summed E-state index contributed by atoms with van der Waals surface area (Å²) in [4.78, 5) is 33.0. The van der Waals surface area contributed by atoms with Crippen molar-refractivity contribution in [2.24, 2.45) is 0 Å². The third-order valence-electron chi connectivity index (χ3n) is 4.69. The molecule has 3 heterocycles. The van der Waals surface area contributed by atoms with Crippen molar-refractivity contribution in [3.8, 4) is 11.1 Å². The van der Waals surface area contributed by atoms with E-state index in [0.717, 1.165) is 16.7 Å². The van der Waals surface area contributed by atoms with Gasteiger partial charge in [0.2, 0.25) is 5.91 Å². The van der Waals surface area contributed by atoms with E-state index in [1.165, 1.54) is 6.20 Å². The molecule has 0 radical (unpaired) electrons. The standard InChI is InChI=1S/C21H20N6O2/c1-22-17-7-6-13(11-24-17)21(29)25-14-5-3-4-12(8-14)15-9-18(23-2)26-20-16(15)10-19(28)27-20/h3-9,11H,10H2,1-2H3,(H,22,24)(H,25,29)(H2,23,26,27,28). The lowest BCUT2D eigenvalue weighted by molar-refractivity contribution is -0.115. The Labute approximate surface area is 167 Å². The molecule has 0 atom stereocenters. The lowest BCUT2D eigenvalue weighted by Crippen LogP contribution is -2.12. The number of pyridine rings is 2. The summed E-state index contributed by atoms with van der Waals surface area (Å²) in [6, 6.07) is 12.9. The minimum absolute atomic E-state index is 0.0797. The van der Waals surface area contributed by atoms with Crippen molar-refractivity contribution in [1.29, 1.82) is 0 Å². The van der Waals surface area contributed by atoms with Crippen LogP contribution >= 0.6 is 0 Å². The van der Waals surface area contributed by atoms with Gasteiger partial charge in [0.15, 0.2) is 0 Å². The maximum absolute atomic E-state index is 12.5. The molecular weight excluding hydrogens is 368 g/mol. The van der Waals surface area contributed by atoms with Crippen LogP contribution < -0.4 is 21.3 Å². The highest BCUT2D eigenvalue weighted by Gasteiger charge is 2.24. The van der Waals surface area contributed by atoms with Crippen molar-refractivity contribution in [2.45, 2.75) is 6.42 Å². The number of hydrogen-bond acceptors (Lipinski definition) is 6. The van der Waals surface area contributed by atoms with Gasteiger partial charge in [0.1, 0.15) is 17.5 Å². The van der Waals surface area contributed by atoms with E-state index in [9.17, 15) is 9.59 Å². The van der Waals surface area contributed by atoms with Crippen molar-refractivity contribution in [2.75, 3.05) is 35.4 Å². The van der Waals surface area contributed by atoms with E-state index >= 15 is 0 Å². The number of fused-ring (bicyclic) bond motifs is 1. The molecule has 0 bridgehead atoms. The van der Waals surface area contributed by atoms with Crippen molar-refractivity contribution in [3.05, 3.63) is 59.8 Å². The number of aromatic nitrogens is 2. The van der Waals surface area contributed by atoms with Crippen LogP contribution in [0.15, 0.2) is 48.7 Å². The number of anilines is 4. The second-order valence-corrected chi connectivity index (χ2v) is 6.57. The molecule has 1 aliphatic heterocycles. The van der Waals surface area contributed by atoms with Crippen LogP contribution in [0.4, 0.5) is 23.1 Å². The zero-order chi connectivity index (χ0) is 20.4. The number of nitrogens with zero attached hydrogens (tertiary/aromatic N) is 2. The van der Waals surface area contributed by atoms with Crippen LogP contribution in [-0.4, -0.2) is 35.9 Å². The first kappa shape index (κ1) is 18.4. The van der Waals surface area contributed by atoms with Crippen LogP contribution in [0.1, 0.15) is 15.9 Å². The molecule has 2 aromatic heterocycles. The number of carbonyl (C=O) groups excluding carboxylic acids is 2. The minimum Gasteiger partial charge on any atom is -0.373 e. The van der Waals surface area contributed by atoms with Crippen molar-refractivity contribution in [3.63, 3.8) is 0 Å². The minimum atomic E-state index is -0.245. The Bertz CT molecular complexity index is 1090. The fraction of sp³-hybridized carbons (Fsp3) is 0.143. The molecule has 1 aliphatic rings. The summed E-state index contributed by atoms with van der Waals surface area (Å²) >= 11 is 0. The lowest BCUT2D eigenvalue weighted by Gasteiger charge is -2.12. The summed E-state index contributed by atoms with van der Waals surface area (Å²) in [5, 5.41) is 11.6. The van der Waals surface area contributed by atoms with Crippen molar-refractivity contribution in [1.82, 2.24) is 9.97 Å². The van der Waals surface area contributed by atoms with Gasteiger partial charge in [-0.25, -0.2) is 9.97 Å². The van der Waals surface area contributed by atoms with Crippen LogP contribution in [0.3, 0.4) is 0 Å². The molecule has 2 amide bonds. The predicted octanol–water partition coefficient (Wildman–Crippen LogP) is 2.97. The number of rotatable bonds is 5. The SMILES string of the molecule is CNc1ccc(C(=O)Nc2cccc(-c3cc(NC)nc4c3CC(=O)N4)c2)cn1. The maximum atomic E-state index is 12.5. The molecule has 29 heavy (non-hydrogen) atoms. The van der Waals surface area contributed by atoms with E-state index in [-0.39, 0.29) is 18.2 Å². The Morgan fingerprint density at radius 2 is 1.90 bits per heavy atom. The second kappa shape index (κ2) is 7.59. The second-order valence-electron chi connectivity index (χ2n) is 6.57. The molecule has 4 rings (SSSR count). The highest BCUT2D eigenvalue weighted by atomic mass is 16.2. The van der Waals surface area contributed by atoms with Gasteiger partial charge in [0, 0.05) is 31.5 Å². The van der Waals surface area contributed by atoms with Crippen LogP contribution in [0, 0.1) is 0 Å². The normalized spacial score (nSPS) is 12.1. The summed E-state index contributed by atoms with van der Waals surface area (Å²) in [5.74, 6) is 1.60. The van der Waals surface area contributed by atoms with E-state index in [4.69, 9.17) is 0 Å². The number of hydrogen-bond donors (Lipinski definition) is 4. The third-order valence-corrected chi connectivity index (χ3v) is 4.69. The zero-order valence-electron chi connectivity index (χ0n) is 16.0. The van der Waals surface area contributed by atoms with Gasteiger partial charge in [-0.2, -0.15) is 0 Å². The molecule has 3 aromatic rings. The van der Waals surface area contributed by atoms with E-state index in [1.807, 2.05) is 30.3 Å². The predicted molar refractivity (Wildman–Crippen MR) is 113 cm³/mol. The van der Waals surface area contributed by atoms with Gasteiger partial charge in [-0.3, -0.25) is 9.59 Å². The van der Waals surface area contributed by atoms with E-state index in [2.05, 4.69) is 31.2 Å². The summed E-state index contributed by atoms with van der Waals surface area (Å²) in [7, 11) is 3.55. The average molecular weight is 388 g/mol. The quantitative estimate of drug-likeness (QED) is 0.535. The van der Waals surface area contributed by atoms with Crippen molar-refractivity contribution < 1.29 is 9.59 Å². The highest BCUT2D eigenvalue weighted by Crippen LogP contribution is 2.35. The van der Waals surface area contributed by atoms with Gasteiger partial charge in [-0.1, -0.05) is 12.1 Å². The largest absolute Gasteiger partial charge is 0.373 e. The first-order chi connectivity index (χ1) is 14.1. The summed E-state index contributed by atoms with van der Waals surface area (Å²) < 4.78 is 0. The van der Waals surface area contributed by atoms with Crippen LogP contribution in [0.25, 0.3) is 11.1 Å². The summed E-state index contributed by atoms with van der Waals surface area (Å²) in [5.41, 5.74) is 3.75. The molecule has 0 spiro atoms. The highest BCUT2D eigenvalue weighted by molar-refractivity contribution is 6.05. The molecule has 0 unspecified atom stereocenters. The third kappa shape index (κ3) is 3.73. The first-order valence-corrected chi connectivity index (χ1v) is 9.14. The molecule has 146 valence electrons. The van der Waals surface area contributed by atoms with Crippen LogP contribution in [0.5, 0.6) is 0 Å². The van der Waals surface area contributed by atoms with E-state index < -0.39 is 0 Å². The Kier molecular flexibility index (Phi) is 4.82. The Morgan fingerprint density at radius 1 is 1.07 bits per heavy atom. The molecule has 0 aliphatic carbocycles. The van der Waals surface area contributed by atoms with Crippen molar-refractivity contribution >= 4 is 35.0 Å². The zero-order valence-corrected chi connectivity index (χ0v) is 16.0. The fourth-order valence-corrected chi connectivity index (χ4v) is 3.22. The molecule has 1 aromatic carbocycles. The number of benzene rings is 1. The molecule has 8 nitrogen and oxygen atoms in total. The molecule has 0 saturated heterocycles. The molecule has 0 saturated carbocycles. The summed E-state index contributed by atoms with van der Waals surface area (Å²) in [6.45, 7) is 0. The Hall–Kier alpha value is -3.94. The van der Waals surface area contributed by atoms with Gasteiger partial charge >= 0.3 is 0 Å².